The molecule has 8 nitrogen and oxygen atoms in total. The van der Waals surface area contributed by atoms with Gasteiger partial charge >= 0.3 is 12.1 Å². The zero-order valence-electron chi connectivity index (χ0n) is 14.9. The Kier molecular flexibility index (Phi) is 6.68. The largest absolute Gasteiger partial charge is 0.444 e. The summed E-state index contributed by atoms with van der Waals surface area (Å²) in [7, 11) is 0. The van der Waals surface area contributed by atoms with Crippen LogP contribution in [0.4, 0.5) is 9.59 Å². The van der Waals surface area contributed by atoms with Gasteiger partial charge in [0.25, 0.3) is 0 Å². The van der Waals surface area contributed by atoms with Gasteiger partial charge in [-0.25, -0.2) is 9.59 Å². The van der Waals surface area contributed by atoms with E-state index in [9.17, 15) is 9.59 Å². The maximum Gasteiger partial charge on any atom is 0.407 e. The molecule has 8 heteroatoms. The molecule has 2 rings (SSSR count). The Hall–Kier alpha value is -1.54. The molecule has 3 amide bonds. The summed E-state index contributed by atoms with van der Waals surface area (Å²) < 4.78 is 10.9. The number of fused-ring (bicyclic) bond motifs is 1. The Morgan fingerprint density at radius 3 is 2.71 bits per heavy atom. The first-order valence-corrected chi connectivity index (χ1v) is 8.68. The van der Waals surface area contributed by atoms with Crippen LogP contribution >= 0.6 is 0 Å². The Morgan fingerprint density at radius 1 is 1.21 bits per heavy atom. The zero-order valence-corrected chi connectivity index (χ0v) is 14.9. The van der Waals surface area contributed by atoms with Crippen molar-refractivity contribution >= 4 is 12.1 Å². The summed E-state index contributed by atoms with van der Waals surface area (Å²) in [5.41, 5.74) is -0.525. The minimum Gasteiger partial charge on any atom is -0.444 e. The molecule has 0 saturated carbocycles. The van der Waals surface area contributed by atoms with E-state index < -0.39 is 11.7 Å². The summed E-state index contributed by atoms with van der Waals surface area (Å²) >= 11 is 0. The topological polar surface area (TPSA) is 91.9 Å². The maximum absolute atomic E-state index is 11.8. The normalized spacial score (nSPS) is 24.1. The fraction of sp³-hybridized carbons (Fsp3) is 0.875. The number of nitrogens with zero attached hydrogens (tertiary/aromatic N) is 1. The molecule has 2 aliphatic heterocycles. The molecule has 0 aromatic carbocycles. The van der Waals surface area contributed by atoms with Gasteiger partial charge in [0.1, 0.15) is 5.60 Å². The van der Waals surface area contributed by atoms with Crippen molar-refractivity contribution in [3.8, 4) is 0 Å². The number of nitrogens with one attached hydrogen (secondary N) is 3. The van der Waals surface area contributed by atoms with E-state index in [1.165, 1.54) is 12.8 Å². The van der Waals surface area contributed by atoms with Crippen molar-refractivity contribution in [1.29, 1.82) is 0 Å². The standard InChI is InChI=1S/C16H30N4O4/c1-16(2,3)24-15(22)18-7-6-17-14(21)19-9-13-10-20-8-4-5-12(20)11-23-13/h12-13H,4-11H2,1-3H3,(H,18,22)(H2,17,19,21)/t12-,13+/m1/s1. The van der Waals surface area contributed by atoms with Crippen LogP contribution in [0.1, 0.15) is 33.6 Å². The number of hydrogen-bond acceptors (Lipinski definition) is 5. The van der Waals surface area contributed by atoms with Gasteiger partial charge < -0.3 is 25.4 Å². The smallest absolute Gasteiger partial charge is 0.407 e. The van der Waals surface area contributed by atoms with Crippen LogP contribution in [0, 0.1) is 0 Å². The third kappa shape index (κ3) is 6.52. The van der Waals surface area contributed by atoms with Gasteiger partial charge in [0.05, 0.1) is 12.7 Å². The second kappa shape index (κ2) is 8.53. The van der Waals surface area contributed by atoms with Crippen LogP contribution in [-0.2, 0) is 9.47 Å². The summed E-state index contributed by atoms with van der Waals surface area (Å²) in [5, 5.41) is 8.10. The molecule has 0 aromatic rings. The van der Waals surface area contributed by atoms with E-state index in [4.69, 9.17) is 9.47 Å². The molecule has 0 aromatic heterocycles. The quantitative estimate of drug-likeness (QED) is 0.639. The lowest BCUT2D eigenvalue weighted by atomic mass is 10.2. The summed E-state index contributed by atoms with van der Waals surface area (Å²) in [6.45, 7) is 9.32. The SMILES string of the molecule is CC(C)(C)OC(=O)NCCNC(=O)NC[C@H]1CN2CCC[C@@H]2CO1. The van der Waals surface area contributed by atoms with Crippen molar-refractivity contribution in [3.05, 3.63) is 0 Å². The van der Waals surface area contributed by atoms with Crippen molar-refractivity contribution in [2.45, 2.75) is 51.4 Å². The monoisotopic (exact) mass is 342 g/mol. The van der Waals surface area contributed by atoms with Crippen molar-refractivity contribution in [2.24, 2.45) is 0 Å². The number of ether oxygens (including phenoxy) is 2. The molecule has 2 atom stereocenters. The molecular formula is C16H30N4O4. The van der Waals surface area contributed by atoms with Gasteiger partial charge in [0, 0.05) is 32.2 Å². The molecule has 2 fully saturated rings. The van der Waals surface area contributed by atoms with E-state index in [1.54, 1.807) is 20.8 Å². The van der Waals surface area contributed by atoms with Crippen LogP contribution in [0.25, 0.3) is 0 Å². The lowest BCUT2D eigenvalue weighted by Crippen LogP contribution is -2.51. The fourth-order valence-corrected chi connectivity index (χ4v) is 2.93. The molecule has 138 valence electrons. The molecule has 0 radical (unpaired) electrons. The second-order valence-electron chi connectivity index (χ2n) is 7.31. The highest BCUT2D eigenvalue weighted by Crippen LogP contribution is 2.22. The van der Waals surface area contributed by atoms with E-state index in [0.717, 1.165) is 19.7 Å². The first kappa shape index (κ1) is 18.8. The van der Waals surface area contributed by atoms with Gasteiger partial charge in [-0.05, 0) is 40.2 Å². The summed E-state index contributed by atoms with van der Waals surface area (Å²) in [5.74, 6) is 0. The number of rotatable bonds is 5. The summed E-state index contributed by atoms with van der Waals surface area (Å²) in [4.78, 5) is 25.6. The average Bonchev–Trinajstić information content (AvgIpc) is 2.95. The highest BCUT2D eigenvalue weighted by molar-refractivity contribution is 5.74. The van der Waals surface area contributed by atoms with Crippen molar-refractivity contribution in [3.63, 3.8) is 0 Å². The van der Waals surface area contributed by atoms with Crippen LogP contribution in [0.2, 0.25) is 0 Å². The number of urea groups is 1. The molecule has 0 spiro atoms. The number of carbonyl (C=O) groups excluding carboxylic acids is 2. The van der Waals surface area contributed by atoms with Gasteiger partial charge in [-0.3, -0.25) is 4.90 Å². The molecule has 2 aliphatic rings. The van der Waals surface area contributed by atoms with Gasteiger partial charge in [0.15, 0.2) is 0 Å². The number of carbonyl (C=O) groups is 2. The fourth-order valence-electron chi connectivity index (χ4n) is 2.93. The van der Waals surface area contributed by atoms with Crippen LogP contribution in [0.5, 0.6) is 0 Å². The van der Waals surface area contributed by atoms with E-state index in [1.807, 2.05) is 0 Å². The molecular weight excluding hydrogens is 312 g/mol. The Bertz CT molecular complexity index is 438. The highest BCUT2D eigenvalue weighted by atomic mass is 16.6. The average molecular weight is 342 g/mol. The van der Waals surface area contributed by atoms with Gasteiger partial charge in [-0.1, -0.05) is 0 Å². The third-order valence-electron chi connectivity index (χ3n) is 4.03. The van der Waals surface area contributed by atoms with Crippen LogP contribution in [0.3, 0.4) is 0 Å². The van der Waals surface area contributed by atoms with Crippen molar-refractivity contribution in [1.82, 2.24) is 20.9 Å². The van der Waals surface area contributed by atoms with E-state index in [2.05, 4.69) is 20.9 Å². The van der Waals surface area contributed by atoms with Crippen molar-refractivity contribution < 1.29 is 19.1 Å². The summed E-state index contributed by atoms with van der Waals surface area (Å²) in [6.07, 6.45) is 2.01. The Balaban J connectivity index is 1.52. The molecule has 24 heavy (non-hydrogen) atoms. The molecule has 2 saturated heterocycles. The number of morpholine rings is 1. The van der Waals surface area contributed by atoms with Crippen LogP contribution in [0.15, 0.2) is 0 Å². The molecule has 0 aliphatic carbocycles. The predicted molar refractivity (Wildman–Crippen MR) is 90.0 cm³/mol. The van der Waals surface area contributed by atoms with Gasteiger partial charge in [-0.2, -0.15) is 0 Å². The predicted octanol–water partition coefficient (Wildman–Crippen LogP) is 0.674. The van der Waals surface area contributed by atoms with Crippen LogP contribution in [-0.4, -0.2) is 74.1 Å². The van der Waals surface area contributed by atoms with E-state index >= 15 is 0 Å². The summed E-state index contributed by atoms with van der Waals surface area (Å²) in [6, 6.07) is 0.308. The van der Waals surface area contributed by atoms with Crippen LogP contribution < -0.4 is 16.0 Å². The molecule has 3 N–H and O–H groups in total. The Morgan fingerprint density at radius 2 is 1.96 bits per heavy atom. The van der Waals surface area contributed by atoms with E-state index in [-0.39, 0.29) is 12.1 Å². The third-order valence-corrected chi connectivity index (χ3v) is 4.03. The molecule has 0 bridgehead atoms. The number of hydrogen-bond donors (Lipinski definition) is 3. The lowest BCUT2D eigenvalue weighted by molar-refractivity contribution is -0.0457. The number of amides is 3. The maximum atomic E-state index is 11.8. The second-order valence-corrected chi connectivity index (χ2v) is 7.31. The lowest BCUT2D eigenvalue weighted by Gasteiger charge is -2.35. The first-order valence-electron chi connectivity index (χ1n) is 8.68. The molecule has 2 heterocycles. The first-order chi connectivity index (χ1) is 11.3. The minimum atomic E-state index is -0.525. The number of alkyl carbamates (subject to hydrolysis) is 1. The molecule has 0 unspecified atom stereocenters. The minimum absolute atomic E-state index is 0.0463. The van der Waals surface area contributed by atoms with Crippen molar-refractivity contribution in [2.75, 3.05) is 39.3 Å². The Labute approximate surface area is 143 Å². The van der Waals surface area contributed by atoms with E-state index in [0.29, 0.717) is 25.7 Å². The van der Waals surface area contributed by atoms with Gasteiger partial charge in [-0.15, -0.1) is 0 Å². The highest BCUT2D eigenvalue weighted by Gasteiger charge is 2.32. The van der Waals surface area contributed by atoms with Gasteiger partial charge in [0.2, 0.25) is 0 Å². The zero-order chi connectivity index (χ0) is 17.6.